The number of anilines is 1. The van der Waals surface area contributed by atoms with Crippen molar-refractivity contribution in [3.05, 3.63) is 52.4 Å². The van der Waals surface area contributed by atoms with Gasteiger partial charge in [-0.2, -0.15) is 0 Å². The number of H-pyrrole nitrogens is 1. The summed E-state index contributed by atoms with van der Waals surface area (Å²) in [5, 5.41) is 21.4. The second-order valence-electron chi connectivity index (χ2n) is 6.87. The minimum atomic E-state index is -0.469. The minimum Gasteiger partial charge on any atom is -0.445 e. The molecule has 10 nitrogen and oxygen atoms in total. The molecular formula is C18H19ClFN7O3. The van der Waals surface area contributed by atoms with Gasteiger partial charge in [0.05, 0.1) is 18.4 Å². The van der Waals surface area contributed by atoms with Crippen LogP contribution in [0.15, 0.2) is 28.8 Å². The Morgan fingerprint density at radius 3 is 2.90 bits per heavy atom. The summed E-state index contributed by atoms with van der Waals surface area (Å²) in [4.78, 5) is 13.9. The zero-order chi connectivity index (χ0) is 20.9. The van der Waals surface area contributed by atoms with Gasteiger partial charge in [0.15, 0.2) is 0 Å². The number of benzene rings is 1. The Morgan fingerprint density at radius 1 is 1.33 bits per heavy atom. The second kappa shape index (κ2) is 9.08. The number of rotatable bonds is 6. The number of amides is 1. The highest BCUT2D eigenvalue weighted by molar-refractivity contribution is 6.30. The average molecular weight is 436 g/mol. The lowest BCUT2D eigenvalue weighted by molar-refractivity contribution is 0.0855. The lowest BCUT2D eigenvalue weighted by atomic mass is 9.97. The molecule has 0 radical (unpaired) electrons. The highest BCUT2D eigenvalue weighted by Gasteiger charge is 2.28. The molecule has 1 aliphatic rings. The molecule has 0 unspecified atom stereocenters. The number of nitrogens with one attached hydrogen (secondary N) is 2. The standard InChI is InChI=1S/C18H19ClFN7O3/c19-13-5-11(6-14(20)7-13)10-29-18(28)27-3-1-12(2-4-27)16-24-25-17(30-16)21-8-15-9-22-26-23-15/h5-7,9,12H,1-4,8,10H2,(H,21,25)(H,22,23,26). The molecule has 0 saturated carbocycles. The zero-order valence-corrected chi connectivity index (χ0v) is 16.6. The number of halogens is 2. The van der Waals surface area contributed by atoms with Crippen LogP contribution in [0.5, 0.6) is 0 Å². The van der Waals surface area contributed by atoms with Gasteiger partial charge in [-0.3, -0.25) is 5.10 Å². The van der Waals surface area contributed by atoms with Crippen LogP contribution in [-0.4, -0.2) is 49.7 Å². The Kier molecular flexibility index (Phi) is 6.07. The molecule has 30 heavy (non-hydrogen) atoms. The molecule has 0 aliphatic carbocycles. The van der Waals surface area contributed by atoms with Crippen LogP contribution in [0.3, 0.4) is 0 Å². The largest absolute Gasteiger partial charge is 0.445 e. The highest BCUT2D eigenvalue weighted by Crippen LogP contribution is 2.28. The van der Waals surface area contributed by atoms with Crippen molar-refractivity contribution in [1.82, 2.24) is 30.5 Å². The van der Waals surface area contributed by atoms with E-state index in [-0.39, 0.29) is 17.5 Å². The molecule has 1 aliphatic heterocycles. The summed E-state index contributed by atoms with van der Waals surface area (Å²) in [5.41, 5.74) is 1.29. The predicted octanol–water partition coefficient (Wildman–Crippen LogP) is 3.11. The fourth-order valence-corrected chi connectivity index (χ4v) is 3.43. The summed E-state index contributed by atoms with van der Waals surface area (Å²) in [5.74, 6) is 0.125. The Bertz CT molecular complexity index is 969. The van der Waals surface area contributed by atoms with E-state index < -0.39 is 11.9 Å². The Labute approximate surface area is 175 Å². The number of hydrogen-bond donors (Lipinski definition) is 2. The molecule has 4 rings (SSSR count). The molecule has 1 amide bonds. The Morgan fingerprint density at radius 2 is 2.17 bits per heavy atom. The molecule has 2 aromatic heterocycles. The number of ether oxygens (including phenoxy) is 1. The fraction of sp³-hybridized carbons (Fsp3) is 0.389. The third kappa shape index (κ3) is 5.03. The van der Waals surface area contributed by atoms with Crippen molar-refractivity contribution >= 4 is 23.7 Å². The van der Waals surface area contributed by atoms with Gasteiger partial charge in [-0.1, -0.05) is 21.9 Å². The molecule has 12 heteroatoms. The average Bonchev–Trinajstić information content (AvgIpc) is 3.42. The number of hydrogen-bond acceptors (Lipinski definition) is 8. The van der Waals surface area contributed by atoms with Crippen LogP contribution < -0.4 is 5.32 Å². The molecule has 1 aromatic carbocycles. The highest BCUT2D eigenvalue weighted by atomic mass is 35.5. The predicted molar refractivity (Wildman–Crippen MR) is 103 cm³/mol. The van der Waals surface area contributed by atoms with Crippen LogP contribution in [0.4, 0.5) is 15.2 Å². The van der Waals surface area contributed by atoms with Gasteiger partial charge in [0.25, 0.3) is 0 Å². The Hall–Kier alpha value is -3.21. The van der Waals surface area contributed by atoms with E-state index in [9.17, 15) is 9.18 Å². The molecule has 0 spiro atoms. The Balaban J connectivity index is 1.24. The van der Waals surface area contributed by atoms with Gasteiger partial charge in [-0.25, -0.2) is 9.18 Å². The van der Waals surface area contributed by atoms with Crippen molar-refractivity contribution in [2.75, 3.05) is 18.4 Å². The molecular weight excluding hydrogens is 417 g/mol. The smallest absolute Gasteiger partial charge is 0.410 e. The number of nitrogens with zero attached hydrogens (tertiary/aromatic N) is 5. The monoisotopic (exact) mass is 435 g/mol. The van der Waals surface area contributed by atoms with Gasteiger partial charge in [-0.05, 0) is 36.6 Å². The van der Waals surface area contributed by atoms with E-state index in [0.717, 1.165) is 5.69 Å². The van der Waals surface area contributed by atoms with Gasteiger partial charge in [0, 0.05) is 24.0 Å². The van der Waals surface area contributed by atoms with Crippen molar-refractivity contribution in [3.8, 4) is 0 Å². The summed E-state index contributed by atoms with van der Waals surface area (Å²) in [6.07, 6.45) is 2.50. The first-order valence-corrected chi connectivity index (χ1v) is 9.73. The summed E-state index contributed by atoms with van der Waals surface area (Å²) < 4.78 is 24.3. The van der Waals surface area contributed by atoms with Gasteiger partial charge in [0.1, 0.15) is 12.4 Å². The summed E-state index contributed by atoms with van der Waals surface area (Å²) in [7, 11) is 0. The molecule has 1 fully saturated rings. The van der Waals surface area contributed by atoms with E-state index in [1.807, 2.05) is 0 Å². The van der Waals surface area contributed by atoms with Crippen molar-refractivity contribution < 1.29 is 18.3 Å². The number of aromatic nitrogens is 5. The van der Waals surface area contributed by atoms with E-state index in [2.05, 4.69) is 30.9 Å². The van der Waals surface area contributed by atoms with Crippen LogP contribution in [0, 0.1) is 5.82 Å². The van der Waals surface area contributed by atoms with Crippen molar-refractivity contribution in [3.63, 3.8) is 0 Å². The number of likely N-dealkylation sites (tertiary alicyclic amines) is 1. The van der Waals surface area contributed by atoms with Crippen LogP contribution in [0.1, 0.15) is 35.9 Å². The van der Waals surface area contributed by atoms with Gasteiger partial charge in [-0.15, -0.1) is 10.2 Å². The maximum atomic E-state index is 13.4. The van der Waals surface area contributed by atoms with Gasteiger partial charge >= 0.3 is 12.1 Å². The maximum Gasteiger partial charge on any atom is 0.410 e. The van der Waals surface area contributed by atoms with Crippen LogP contribution in [0.25, 0.3) is 0 Å². The van der Waals surface area contributed by atoms with Gasteiger partial charge in [0.2, 0.25) is 5.89 Å². The lowest BCUT2D eigenvalue weighted by Crippen LogP contribution is -2.38. The van der Waals surface area contributed by atoms with Crippen LogP contribution >= 0.6 is 11.6 Å². The van der Waals surface area contributed by atoms with E-state index >= 15 is 0 Å². The molecule has 158 valence electrons. The number of carbonyl (C=O) groups excluding carboxylic acids is 1. The quantitative estimate of drug-likeness (QED) is 0.605. The summed E-state index contributed by atoms with van der Waals surface area (Å²) in [6.45, 7) is 1.40. The molecule has 3 aromatic rings. The molecule has 3 heterocycles. The van der Waals surface area contributed by atoms with Crippen LogP contribution in [0.2, 0.25) is 5.02 Å². The van der Waals surface area contributed by atoms with Crippen LogP contribution in [-0.2, 0) is 17.9 Å². The summed E-state index contributed by atoms with van der Waals surface area (Å²) >= 11 is 5.81. The van der Waals surface area contributed by atoms with E-state index in [1.54, 1.807) is 17.2 Å². The molecule has 0 atom stereocenters. The van der Waals surface area contributed by atoms with E-state index in [1.165, 1.54) is 12.1 Å². The first-order valence-electron chi connectivity index (χ1n) is 9.35. The molecule has 1 saturated heterocycles. The zero-order valence-electron chi connectivity index (χ0n) is 15.8. The fourth-order valence-electron chi connectivity index (χ4n) is 3.19. The first-order chi connectivity index (χ1) is 14.6. The number of carbonyl (C=O) groups is 1. The lowest BCUT2D eigenvalue weighted by Gasteiger charge is -2.29. The van der Waals surface area contributed by atoms with Crippen molar-refractivity contribution in [2.24, 2.45) is 0 Å². The molecule has 0 bridgehead atoms. The van der Waals surface area contributed by atoms with Crippen molar-refractivity contribution in [2.45, 2.75) is 31.9 Å². The second-order valence-corrected chi connectivity index (χ2v) is 7.31. The third-order valence-corrected chi connectivity index (χ3v) is 4.94. The number of aromatic amines is 1. The number of piperidine rings is 1. The first kappa shape index (κ1) is 20.1. The van der Waals surface area contributed by atoms with Crippen molar-refractivity contribution in [1.29, 1.82) is 0 Å². The SMILES string of the molecule is O=C(OCc1cc(F)cc(Cl)c1)N1CCC(c2nnc(NCc3cnn[nH]3)o2)CC1. The van der Waals surface area contributed by atoms with E-state index in [0.29, 0.717) is 49.9 Å². The third-order valence-electron chi connectivity index (χ3n) is 4.72. The minimum absolute atomic E-state index is 0.0409. The van der Waals surface area contributed by atoms with Gasteiger partial charge < -0.3 is 19.4 Å². The summed E-state index contributed by atoms with van der Waals surface area (Å²) in [6, 6.07) is 4.36. The topological polar surface area (TPSA) is 122 Å². The normalized spacial score (nSPS) is 14.7. The molecule has 2 N–H and O–H groups in total. The van der Waals surface area contributed by atoms with E-state index in [4.69, 9.17) is 20.8 Å². The maximum absolute atomic E-state index is 13.4.